The Labute approximate surface area is 190 Å². The maximum absolute atomic E-state index is 12.5. The molecule has 1 saturated heterocycles. The number of hydrogen-bond donors (Lipinski definition) is 4. The summed E-state index contributed by atoms with van der Waals surface area (Å²) < 4.78 is 42.6. The predicted molar refractivity (Wildman–Crippen MR) is 121 cm³/mol. The van der Waals surface area contributed by atoms with Crippen molar-refractivity contribution in [2.24, 2.45) is 18.5 Å². The van der Waals surface area contributed by atoms with Gasteiger partial charge in [-0.1, -0.05) is 18.2 Å². The topological polar surface area (TPSA) is 178 Å². The number of ether oxygens (including phenoxy) is 1. The van der Waals surface area contributed by atoms with Gasteiger partial charge >= 0.3 is 6.03 Å². The molecule has 2 amide bonds. The lowest BCUT2D eigenvalue weighted by atomic mass is 10.0. The van der Waals surface area contributed by atoms with Crippen molar-refractivity contribution < 1.29 is 22.5 Å². The number of aromatic nitrogens is 2. The molecular weight excluding hydrogens is 448 g/mol. The van der Waals surface area contributed by atoms with Crippen LogP contribution in [-0.2, 0) is 28.6 Å². The Morgan fingerprint density at radius 2 is 2.03 bits per heavy atom. The van der Waals surface area contributed by atoms with Crippen LogP contribution in [-0.4, -0.2) is 45.8 Å². The molecule has 1 atom stereocenters. The highest BCUT2D eigenvalue weighted by molar-refractivity contribution is 7.86. The first kappa shape index (κ1) is 22.6. The second kappa shape index (κ2) is 8.05. The maximum atomic E-state index is 12.5. The van der Waals surface area contributed by atoms with Gasteiger partial charge in [0.25, 0.3) is 10.1 Å². The molecule has 0 aliphatic carbocycles. The van der Waals surface area contributed by atoms with E-state index < -0.39 is 21.0 Å². The molecule has 11 nitrogen and oxygen atoms in total. The molecule has 6 N–H and O–H groups in total. The molecule has 1 aliphatic rings. The summed E-state index contributed by atoms with van der Waals surface area (Å²) in [5.74, 6) is 1.01. The number of fused-ring (bicyclic) bond motifs is 1. The van der Waals surface area contributed by atoms with Crippen LogP contribution in [0.3, 0.4) is 0 Å². The van der Waals surface area contributed by atoms with Crippen molar-refractivity contribution in [2.45, 2.75) is 24.3 Å². The number of nitrogen functional groups attached to an aromatic ring is 1. The quantitative estimate of drug-likeness (QED) is 0.239. The van der Waals surface area contributed by atoms with Gasteiger partial charge in [0.2, 0.25) is 0 Å². The van der Waals surface area contributed by atoms with Crippen molar-refractivity contribution in [3.8, 4) is 5.75 Å². The molecule has 174 valence electrons. The molecule has 1 fully saturated rings. The number of nitrogens with zero attached hydrogens (tertiary/aromatic N) is 3. The third-order valence-corrected chi connectivity index (χ3v) is 7.48. The van der Waals surface area contributed by atoms with E-state index in [2.05, 4.69) is 4.98 Å². The zero-order valence-electron chi connectivity index (χ0n) is 17.9. The summed E-state index contributed by atoms with van der Waals surface area (Å²) in [7, 11) is -2.91. The van der Waals surface area contributed by atoms with Crippen LogP contribution in [0.1, 0.15) is 29.8 Å². The van der Waals surface area contributed by atoms with E-state index in [1.807, 2.05) is 0 Å². The molecule has 1 unspecified atom stereocenters. The van der Waals surface area contributed by atoms with E-state index in [0.29, 0.717) is 34.6 Å². The predicted octanol–water partition coefficient (Wildman–Crippen LogP) is 1.65. The normalized spacial score (nSPS) is 18.5. The van der Waals surface area contributed by atoms with Crippen LogP contribution in [0.25, 0.3) is 11.0 Å². The third-order valence-electron chi connectivity index (χ3n) is 5.96. The molecule has 4 rings (SSSR count). The highest BCUT2D eigenvalue weighted by Gasteiger charge is 2.54. The summed E-state index contributed by atoms with van der Waals surface area (Å²) in [4.78, 5) is 15.6. The fourth-order valence-corrected chi connectivity index (χ4v) is 5.61. The number of hydrogen-bond acceptors (Lipinski definition) is 6. The summed E-state index contributed by atoms with van der Waals surface area (Å²) in [6.45, 7) is 0.229. The van der Waals surface area contributed by atoms with Gasteiger partial charge in [0, 0.05) is 19.2 Å². The second-order valence-corrected chi connectivity index (χ2v) is 9.50. The number of imidazole rings is 1. The molecule has 0 saturated carbocycles. The van der Waals surface area contributed by atoms with Gasteiger partial charge in [-0.2, -0.15) is 8.42 Å². The average Bonchev–Trinajstić information content (AvgIpc) is 3.35. The molecule has 2 aromatic carbocycles. The Hall–Kier alpha value is -3.64. The van der Waals surface area contributed by atoms with Gasteiger partial charge in [-0.3, -0.25) is 14.9 Å². The van der Waals surface area contributed by atoms with Gasteiger partial charge in [0.1, 0.15) is 24.0 Å². The zero-order chi connectivity index (χ0) is 24.0. The van der Waals surface area contributed by atoms with Gasteiger partial charge in [-0.05, 0) is 42.7 Å². The minimum Gasteiger partial charge on any atom is -0.486 e. The van der Waals surface area contributed by atoms with Crippen LogP contribution >= 0.6 is 0 Å². The van der Waals surface area contributed by atoms with Crippen LogP contribution < -0.4 is 16.2 Å². The Morgan fingerprint density at radius 1 is 1.27 bits per heavy atom. The second-order valence-electron chi connectivity index (χ2n) is 7.87. The fraction of sp³-hybridized carbons (Fsp3) is 0.286. The first-order chi connectivity index (χ1) is 15.5. The van der Waals surface area contributed by atoms with Crippen LogP contribution in [0.15, 0.2) is 42.5 Å². The standard InChI is InChI=1S/C21H24N6O5S/c1-26-17-7-6-14(21(33(29,30)31)8-3-9-27(21)20(24)28)11-16(17)25-18(26)12-32-15-5-2-4-13(10-15)19(22)23/h2,4-7,10-11H,3,8-9,12H2,1H3,(H3,22,23)(H2,24,28)(H,29,30,31). The van der Waals surface area contributed by atoms with Gasteiger partial charge in [0.05, 0.1) is 11.0 Å². The number of nitrogens with two attached hydrogens (primary N) is 2. The number of likely N-dealkylation sites (tertiary alicyclic amines) is 1. The van der Waals surface area contributed by atoms with Crippen LogP contribution in [0, 0.1) is 5.41 Å². The third kappa shape index (κ3) is 3.76. The molecule has 12 heteroatoms. The van der Waals surface area contributed by atoms with E-state index in [9.17, 15) is 17.8 Å². The van der Waals surface area contributed by atoms with Crippen molar-refractivity contribution in [3.63, 3.8) is 0 Å². The summed E-state index contributed by atoms with van der Waals surface area (Å²) in [5, 5.41) is 7.54. The van der Waals surface area contributed by atoms with Crippen molar-refractivity contribution >= 4 is 33.0 Å². The number of amidine groups is 1. The first-order valence-electron chi connectivity index (χ1n) is 10.1. The first-order valence-corrected chi connectivity index (χ1v) is 11.6. The number of carbonyl (C=O) groups excluding carboxylic acids is 1. The highest BCUT2D eigenvalue weighted by atomic mass is 32.2. The Kier molecular flexibility index (Phi) is 5.50. The van der Waals surface area contributed by atoms with Crippen LogP contribution in [0.2, 0.25) is 0 Å². The lowest BCUT2D eigenvalue weighted by Gasteiger charge is -2.34. The fourth-order valence-electron chi connectivity index (χ4n) is 4.32. The SMILES string of the molecule is Cn1c(COc2cccc(C(=N)N)c2)nc2cc(C3(S(=O)(=O)O)CCCN3C(N)=O)ccc21. The Balaban J connectivity index is 1.70. The number of rotatable bonds is 6. The van der Waals surface area contributed by atoms with E-state index in [1.54, 1.807) is 54.1 Å². The minimum absolute atomic E-state index is 0.0234. The number of benzene rings is 2. The lowest BCUT2D eigenvalue weighted by molar-refractivity contribution is 0.185. The largest absolute Gasteiger partial charge is 0.486 e. The number of urea groups is 1. The van der Waals surface area contributed by atoms with Gasteiger partial charge in [-0.25, -0.2) is 9.78 Å². The lowest BCUT2D eigenvalue weighted by Crippen LogP contribution is -2.52. The molecule has 0 radical (unpaired) electrons. The van der Waals surface area contributed by atoms with Crippen molar-refractivity contribution in [1.29, 1.82) is 5.41 Å². The Bertz CT molecular complexity index is 1370. The summed E-state index contributed by atoms with van der Waals surface area (Å²) in [6.07, 6.45) is 0.400. The molecule has 33 heavy (non-hydrogen) atoms. The monoisotopic (exact) mass is 472 g/mol. The molecule has 1 aromatic heterocycles. The molecular formula is C21H24N6O5S. The number of primary amides is 1. The maximum Gasteiger partial charge on any atom is 0.316 e. The highest BCUT2D eigenvalue weighted by Crippen LogP contribution is 2.43. The summed E-state index contributed by atoms with van der Waals surface area (Å²) in [6, 6.07) is 10.7. The van der Waals surface area contributed by atoms with E-state index in [1.165, 1.54) is 0 Å². The number of carbonyl (C=O) groups is 1. The van der Waals surface area contributed by atoms with Crippen LogP contribution in [0.4, 0.5) is 4.79 Å². The molecule has 0 spiro atoms. The van der Waals surface area contributed by atoms with Gasteiger partial charge < -0.3 is 20.8 Å². The minimum atomic E-state index is -4.70. The van der Waals surface area contributed by atoms with E-state index in [4.69, 9.17) is 21.6 Å². The van der Waals surface area contributed by atoms with E-state index in [-0.39, 0.29) is 31.0 Å². The van der Waals surface area contributed by atoms with E-state index >= 15 is 0 Å². The smallest absolute Gasteiger partial charge is 0.316 e. The van der Waals surface area contributed by atoms with Crippen molar-refractivity contribution in [3.05, 3.63) is 59.4 Å². The number of aryl methyl sites for hydroxylation is 1. The van der Waals surface area contributed by atoms with Crippen molar-refractivity contribution in [1.82, 2.24) is 14.5 Å². The molecule has 1 aliphatic heterocycles. The molecule has 2 heterocycles. The number of amides is 2. The summed E-state index contributed by atoms with van der Waals surface area (Å²) >= 11 is 0. The van der Waals surface area contributed by atoms with Crippen LogP contribution in [0.5, 0.6) is 5.75 Å². The van der Waals surface area contributed by atoms with Gasteiger partial charge in [-0.15, -0.1) is 0 Å². The average molecular weight is 473 g/mol. The van der Waals surface area contributed by atoms with Gasteiger partial charge in [0.15, 0.2) is 4.87 Å². The molecule has 3 aromatic rings. The number of nitrogens with one attached hydrogen (secondary N) is 1. The van der Waals surface area contributed by atoms with E-state index in [0.717, 1.165) is 4.90 Å². The summed E-state index contributed by atoms with van der Waals surface area (Å²) in [5.41, 5.74) is 12.9. The zero-order valence-corrected chi connectivity index (χ0v) is 18.7. The molecule has 0 bridgehead atoms. The Morgan fingerprint density at radius 3 is 2.70 bits per heavy atom. The van der Waals surface area contributed by atoms with Crippen molar-refractivity contribution in [2.75, 3.05) is 6.54 Å².